The maximum atomic E-state index is 12.2. The second-order valence-corrected chi connectivity index (χ2v) is 2.51. The average Bonchev–Trinajstić information content (AvgIpc) is 2.03. The Morgan fingerprint density at radius 1 is 1.46 bits per heavy atom. The fraction of sp³-hybridized carbons (Fsp3) is 0.250. The van der Waals surface area contributed by atoms with Crippen molar-refractivity contribution in [1.82, 2.24) is 0 Å². The van der Waals surface area contributed by atoms with Crippen molar-refractivity contribution in [1.29, 1.82) is 0 Å². The molecular weight excluding hydrogens is 183 g/mol. The van der Waals surface area contributed by atoms with E-state index in [9.17, 15) is 18.0 Å². The number of rotatable bonds is 1. The van der Waals surface area contributed by atoms with Gasteiger partial charge in [-0.15, -0.1) is 0 Å². The van der Waals surface area contributed by atoms with Crippen LogP contribution in [0.5, 0.6) is 0 Å². The SMILES string of the molecule is CC(=O)c1[nH+]cccc1C(F)(F)F. The van der Waals surface area contributed by atoms with Crippen molar-refractivity contribution in [2.24, 2.45) is 0 Å². The van der Waals surface area contributed by atoms with Crippen molar-refractivity contribution in [3.8, 4) is 0 Å². The molecule has 0 unspecified atom stereocenters. The molecular formula is C8H7F3NO+. The largest absolute Gasteiger partial charge is 0.422 e. The first-order valence-electron chi connectivity index (χ1n) is 3.52. The number of carbonyl (C=O) groups is 1. The Morgan fingerprint density at radius 3 is 2.46 bits per heavy atom. The minimum Gasteiger partial charge on any atom is -0.288 e. The van der Waals surface area contributed by atoms with E-state index in [2.05, 4.69) is 4.98 Å². The number of aromatic nitrogens is 1. The molecule has 1 aromatic heterocycles. The second-order valence-electron chi connectivity index (χ2n) is 2.51. The first-order chi connectivity index (χ1) is 5.93. The van der Waals surface area contributed by atoms with Crippen molar-refractivity contribution in [2.75, 3.05) is 0 Å². The van der Waals surface area contributed by atoms with E-state index in [1.54, 1.807) is 0 Å². The highest BCUT2D eigenvalue weighted by Crippen LogP contribution is 2.30. The van der Waals surface area contributed by atoms with Gasteiger partial charge in [-0.2, -0.15) is 13.2 Å². The summed E-state index contributed by atoms with van der Waals surface area (Å²) in [6.07, 6.45) is -3.20. The molecule has 1 heterocycles. The van der Waals surface area contributed by atoms with Crippen LogP contribution in [0.25, 0.3) is 0 Å². The Kier molecular flexibility index (Phi) is 2.36. The molecule has 1 N–H and O–H groups in total. The van der Waals surface area contributed by atoms with Gasteiger partial charge in [0.1, 0.15) is 5.56 Å². The van der Waals surface area contributed by atoms with Gasteiger partial charge in [-0.1, -0.05) is 0 Å². The van der Waals surface area contributed by atoms with Crippen LogP contribution in [0.4, 0.5) is 13.2 Å². The third-order valence-electron chi connectivity index (χ3n) is 1.51. The van der Waals surface area contributed by atoms with Crippen LogP contribution in [-0.4, -0.2) is 5.78 Å². The van der Waals surface area contributed by atoms with Gasteiger partial charge in [0.25, 0.3) is 5.69 Å². The Morgan fingerprint density at radius 2 is 2.08 bits per heavy atom. The quantitative estimate of drug-likeness (QED) is 0.620. The molecule has 1 aromatic rings. The maximum absolute atomic E-state index is 12.2. The smallest absolute Gasteiger partial charge is 0.288 e. The van der Waals surface area contributed by atoms with E-state index < -0.39 is 23.2 Å². The first kappa shape index (κ1) is 9.70. The van der Waals surface area contributed by atoms with E-state index in [0.29, 0.717) is 0 Å². The lowest BCUT2D eigenvalue weighted by Gasteiger charge is -2.04. The zero-order valence-corrected chi connectivity index (χ0v) is 6.77. The van der Waals surface area contributed by atoms with Crippen LogP contribution in [-0.2, 0) is 6.18 Å². The molecule has 1 rings (SSSR count). The van der Waals surface area contributed by atoms with Crippen molar-refractivity contribution < 1.29 is 22.9 Å². The number of hydrogen-bond donors (Lipinski definition) is 0. The number of Topliss-reactive ketones (excluding diaryl/α,β-unsaturated/α-hetero) is 1. The predicted molar refractivity (Wildman–Crippen MR) is 38.0 cm³/mol. The summed E-state index contributed by atoms with van der Waals surface area (Å²) in [5.41, 5.74) is -1.34. The molecule has 0 spiro atoms. The summed E-state index contributed by atoms with van der Waals surface area (Å²) >= 11 is 0. The number of carbonyl (C=O) groups excluding carboxylic acids is 1. The molecule has 0 aliphatic rings. The van der Waals surface area contributed by atoms with E-state index >= 15 is 0 Å². The Bertz CT molecular complexity index is 332. The molecule has 70 valence electrons. The van der Waals surface area contributed by atoms with Crippen LogP contribution in [0, 0.1) is 0 Å². The molecule has 0 radical (unpaired) electrons. The molecule has 0 aromatic carbocycles. The summed E-state index contributed by atoms with van der Waals surface area (Å²) in [6.45, 7) is 1.08. The molecule has 0 saturated carbocycles. The molecule has 0 aliphatic carbocycles. The van der Waals surface area contributed by atoms with E-state index in [0.717, 1.165) is 13.0 Å². The highest BCUT2D eigenvalue weighted by molar-refractivity contribution is 5.92. The van der Waals surface area contributed by atoms with Crippen LogP contribution in [0.2, 0.25) is 0 Å². The summed E-state index contributed by atoms with van der Waals surface area (Å²) < 4.78 is 36.7. The number of pyridine rings is 1. The average molecular weight is 190 g/mol. The van der Waals surface area contributed by atoms with Gasteiger partial charge >= 0.3 is 6.18 Å². The molecule has 0 atom stereocenters. The van der Waals surface area contributed by atoms with Crippen LogP contribution in [0.3, 0.4) is 0 Å². The summed E-state index contributed by atoms with van der Waals surface area (Å²) in [5, 5.41) is 0. The van der Waals surface area contributed by atoms with Crippen molar-refractivity contribution in [2.45, 2.75) is 13.1 Å². The van der Waals surface area contributed by atoms with Gasteiger partial charge < -0.3 is 0 Å². The lowest BCUT2D eigenvalue weighted by atomic mass is 10.1. The highest BCUT2D eigenvalue weighted by atomic mass is 19.4. The fourth-order valence-electron chi connectivity index (χ4n) is 0.964. The monoisotopic (exact) mass is 190 g/mol. The number of aromatic amines is 1. The molecule has 0 saturated heterocycles. The number of halogens is 3. The molecule has 13 heavy (non-hydrogen) atoms. The molecule has 0 fully saturated rings. The van der Waals surface area contributed by atoms with Crippen molar-refractivity contribution in [3.63, 3.8) is 0 Å². The number of nitrogens with one attached hydrogen (secondary N) is 1. The number of hydrogen-bond acceptors (Lipinski definition) is 1. The topological polar surface area (TPSA) is 31.2 Å². The number of alkyl halides is 3. The van der Waals surface area contributed by atoms with Crippen LogP contribution >= 0.6 is 0 Å². The van der Waals surface area contributed by atoms with Gasteiger partial charge in [-0.25, -0.2) is 4.98 Å². The van der Waals surface area contributed by atoms with E-state index in [-0.39, 0.29) is 0 Å². The summed E-state index contributed by atoms with van der Waals surface area (Å²) in [5.74, 6) is -0.632. The minimum absolute atomic E-state index is 0.407. The van der Waals surface area contributed by atoms with Gasteiger partial charge in [0.2, 0.25) is 5.78 Å². The normalized spacial score (nSPS) is 11.4. The molecule has 0 aliphatic heterocycles. The standard InChI is InChI=1S/C8H6F3NO/c1-5(13)7-6(8(9,10)11)3-2-4-12-7/h2-4H,1H3/p+1. The van der Waals surface area contributed by atoms with Crippen molar-refractivity contribution >= 4 is 5.78 Å². The van der Waals surface area contributed by atoms with Gasteiger partial charge in [0, 0.05) is 13.0 Å². The van der Waals surface area contributed by atoms with Gasteiger partial charge in [0.15, 0.2) is 6.20 Å². The summed E-state index contributed by atoms with van der Waals surface area (Å²) in [6, 6.07) is 2.07. The van der Waals surface area contributed by atoms with E-state index in [4.69, 9.17) is 0 Å². The maximum Gasteiger partial charge on any atom is 0.422 e. The minimum atomic E-state index is -4.49. The van der Waals surface area contributed by atoms with Crippen LogP contribution < -0.4 is 4.98 Å². The van der Waals surface area contributed by atoms with Crippen LogP contribution in [0.15, 0.2) is 18.3 Å². The molecule has 0 bridgehead atoms. The van der Waals surface area contributed by atoms with Crippen molar-refractivity contribution in [3.05, 3.63) is 29.6 Å². The van der Waals surface area contributed by atoms with Gasteiger partial charge in [0.05, 0.1) is 0 Å². The van der Waals surface area contributed by atoms with E-state index in [1.165, 1.54) is 12.3 Å². The lowest BCUT2D eigenvalue weighted by Crippen LogP contribution is -2.22. The Labute approximate surface area is 72.4 Å². The number of H-pyrrole nitrogens is 1. The Balaban J connectivity index is 3.28. The third-order valence-corrected chi connectivity index (χ3v) is 1.51. The third kappa shape index (κ3) is 2.05. The molecule has 0 amide bonds. The molecule has 5 heteroatoms. The highest BCUT2D eigenvalue weighted by Gasteiger charge is 2.37. The van der Waals surface area contributed by atoms with Crippen LogP contribution in [0.1, 0.15) is 23.0 Å². The first-order valence-corrected chi connectivity index (χ1v) is 3.52. The zero-order valence-electron chi connectivity index (χ0n) is 6.77. The number of ketones is 1. The Hall–Kier alpha value is -1.39. The predicted octanol–water partition coefficient (Wildman–Crippen LogP) is 1.72. The molecule has 2 nitrogen and oxygen atoms in total. The van der Waals surface area contributed by atoms with Gasteiger partial charge in [-0.05, 0) is 6.07 Å². The van der Waals surface area contributed by atoms with E-state index in [1.807, 2.05) is 0 Å². The fourth-order valence-corrected chi connectivity index (χ4v) is 0.964. The summed E-state index contributed by atoms with van der Waals surface area (Å²) in [4.78, 5) is 13.1. The lowest BCUT2D eigenvalue weighted by molar-refractivity contribution is -0.385. The second kappa shape index (κ2) is 3.16. The summed E-state index contributed by atoms with van der Waals surface area (Å²) in [7, 11) is 0. The van der Waals surface area contributed by atoms with Gasteiger partial charge in [-0.3, -0.25) is 4.79 Å². The zero-order chi connectivity index (χ0) is 10.1.